The molecule has 0 spiro atoms. The van der Waals surface area contributed by atoms with Crippen LogP contribution in [0, 0.1) is 0 Å². The Bertz CT molecular complexity index is 609. The van der Waals surface area contributed by atoms with Gasteiger partial charge in [-0.2, -0.15) is 0 Å². The topological polar surface area (TPSA) is 162 Å². The zero-order chi connectivity index (χ0) is 18.2. The van der Waals surface area contributed by atoms with E-state index in [0.29, 0.717) is 0 Å². The van der Waals surface area contributed by atoms with Crippen molar-refractivity contribution in [3.63, 3.8) is 0 Å². The lowest BCUT2D eigenvalue weighted by molar-refractivity contribution is 0.0953. The molecule has 0 saturated heterocycles. The van der Waals surface area contributed by atoms with Crippen LogP contribution in [0.25, 0.3) is 0 Å². The molecule has 0 bridgehead atoms. The summed E-state index contributed by atoms with van der Waals surface area (Å²) in [5.41, 5.74) is 9.82. The van der Waals surface area contributed by atoms with Gasteiger partial charge in [0, 0.05) is 0 Å². The first kappa shape index (κ1) is 20.2. The minimum atomic E-state index is -3.16. The van der Waals surface area contributed by atoms with Crippen molar-refractivity contribution in [2.75, 3.05) is 32.6 Å². The number of nitrogens with two attached hydrogens (primary N) is 2. The fourth-order valence-corrected chi connectivity index (χ4v) is 3.34. The molecular weight excluding hydrogens is 341 g/mol. The van der Waals surface area contributed by atoms with Gasteiger partial charge >= 0.3 is 7.60 Å². The van der Waals surface area contributed by atoms with Gasteiger partial charge in [-0.05, 0) is 13.8 Å². The molecule has 11 nitrogen and oxygen atoms in total. The van der Waals surface area contributed by atoms with E-state index in [-0.39, 0.29) is 50.5 Å². The van der Waals surface area contributed by atoms with Gasteiger partial charge in [-0.15, -0.1) is 5.10 Å². The molecule has 0 aromatic carbocycles. The van der Waals surface area contributed by atoms with Crippen LogP contribution in [0.5, 0.6) is 0 Å². The monoisotopic (exact) mass is 363 g/mol. The highest BCUT2D eigenvalue weighted by atomic mass is 31.2. The van der Waals surface area contributed by atoms with Crippen LogP contribution in [0.2, 0.25) is 0 Å². The van der Waals surface area contributed by atoms with Crippen LogP contribution in [-0.2, 0) is 24.9 Å². The fourth-order valence-electron chi connectivity index (χ4n) is 1.87. The molecule has 0 fully saturated rings. The van der Waals surface area contributed by atoms with E-state index in [1.165, 1.54) is 0 Å². The molecule has 1 aromatic rings. The maximum Gasteiger partial charge on any atom is 0.332 e. The van der Waals surface area contributed by atoms with Crippen molar-refractivity contribution < 1.29 is 27.9 Å². The molecule has 136 valence electrons. The molecule has 24 heavy (non-hydrogen) atoms. The van der Waals surface area contributed by atoms with E-state index in [1.807, 2.05) is 0 Å². The third-order valence-corrected chi connectivity index (χ3v) is 4.84. The van der Waals surface area contributed by atoms with Crippen LogP contribution in [0.15, 0.2) is 0 Å². The number of amides is 2. The molecule has 1 heterocycles. The lowest BCUT2D eigenvalue weighted by atomic mass is 10.3. The maximum atomic E-state index is 12.2. The van der Waals surface area contributed by atoms with Gasteiger partial charge in [-0.3, -0.25) is 14.2 Å². The summed E-state index contributed by atoms with van der Waals surface area (Å²) < 4.78 is 28.9. The van der Waals surface area contributed by atoms with E-state index in [2.05, 4.69) is 10.3 Å². The van der Waals surface area contributed by atoms with Gasteiger partial charge in [0.05, 0.1) is 39.1 Å². The molecule has 2 amide bonds. The minimum Gasteiger partial charge on any atom is -0.379 e. The van der Waals surface area contributed by atoms with E-state index in [9.17, 15) is 14.2 Å². The van der Waals surface area contributed by atoms with Crippen molar-refractivity contribution in [2.45, 2.75) is 20.4 Å². The molecule has 1 aromatic heterocycles. The van der Waals surface area contributed by atoms with Crippen LogP contribution < -0.4 is 11.5 Å². The zero-order valence-electron chi connectivity index (χ0n) is 13.6. The molecule has 0 atom stereocenters. The largest absolute Gasteiger partial charge is 0.379 e. The van der Waals surface area contributed by atoms with Crippen molar-refractivity contribution in [3.8, 4) is 0 Å². The maximum absolute atomic E-state index is 12.2. The number of nitrogens with zero attached hydrogens (tertiary/aromatic N) is 3. The molecule has 0 saturated carbocycles. The first-order chi connectivity index (χ1) is 11.3. The molecule has 12 heteroatoms. The second kappa shape index (κ2) is 9.48. The Labute approximate surface area is 139 Å². The molecule has 0 aliphatic carbocycles. The van der Waals surface area contributed by atoms with Crippen LogP contribution in [0.3, 0.4) is 0 Å². The minimum absolute atomic E-state index is 0.0985. The summed E-state index contributed by atoms with van der Waals surface area (Å²) in [6.45, 7) is 4.35. The predicted octanol–water partition coefficient (Wildman–Crippen LogP) is -0.241. The van der Waals surface area contributed by atoms with Gasteiger partial charge in [0.1, 0.15) is 0 Å². The normalized spacial score (nSPS) is 11.6. The molecular formula is C12H22N5O6P. The molecule has 0 unspecified atom stereocenters. The Kier molecular flexibility index (Phi) is 7.99. The number of carbonyl (C=O) groups is 2. The average molecular weight is 363 g/mol. The molecule has 4 N–H and O–H groups in total. The number of rotatable bonds is 12. The van der Waals surface area contributed by atoms with Crippen molar-refractivity contribution in [3.05, 3.63) is 11.4 Å². The van der Waals surface area contributed by atoms with Crippen LogP contribution in [0.4, 0.5) is 0 Å². The summed E-state index contributed by atoms with van der Waals surface area (Å²) in [5, 5.41) is 7.17. The van der Waals surface area contributed by atoms with E-state index < -0.39 is 19.4 Å². The molecule has 0 radical (unpaired) electrons. The van der Waals surface area contributed by atoms with Crippen molar-refractivity contribution in [2.24, 2.45) is 11.5 Å². The van der Waals surface area contributed by atoms with Crippen molar-refractivity contribution >= 4 is 19.4 Å². The number of hydrogen-bond donors (Lipinski definition) is 2. The Balaban J connectivity index is 2.53. The summed E-state index contributed by atoms with van der Waals surface area (Å²) >= 11 is 0. The van der Waals surface area contributed by atoms with Gasteiger partial charge in [0.25, 0.3) is 11.8 Å². The van der Waals surface area contributed by atoms with E-state index in [4.69, 9.17) is 25.3 Å². The Morgan fingerprint density at radius 2 is 1.75 bits per heavy atom. The molecule has 0 aliphatic rings. The number of carbonyl (C=O) groups excluding carboxylic acids is 2. The van der Waals surface area contributed by atoms with E-state index in [0.717, 1.165) is 4.68 Å². The summed E-state index contributed by atoms with van der Waals surface area (Å²) in [4.78, 5) is 22.5. The Hall–Kier alpha value is -1.81. The summed E-state index contributed by atoms with van der Waals surface area (Å²) in [5.74, 6) is -1.77. The van der Waals surface area contributed by atoms with E-state index in [1.54, 1.807) is 13.8 Å². The second-order valence-electron chi connectivity index (χ2n) is 4.52. The van der Waals surface area contributed by atoms with Crippen molar-refractivity contribution in [1.82, 2.24) is 15.0 Å². The number of primary amides is 2. The Morgan fingerprint density at radius 1 is 1.12 bits per heavy atom. The first-order valence-corrected chi connectivity index (χ1v) is 9.06. The van der Waals surface area contributed by atoms with Gasteiger partial charge in [-0.1, -0.05) is 5.21 Å². The van der Waals surface area contributed by atoms with Gasteiger partial charge < -0.3 is 25.3 Å². The molecule has 1 rings (SSSR count). The Morgan fingerprint density at radius 3 is 2.25 bits per heavy atom. The van der Waals surface area contributed by atoms with Gasteiger partial charge in [0.2, 0.25) is 0 Å². The SMILES string of the molecule is CCOP(=O)(CCOCCn1nnc(C(N)=O)c1C(N)=O)OCC. The lowest BCUT2D eigenvalue weighted by Gasteiger charge is -2.16. The van der Waals surface area contributed by atoms with Crippen LogP contribution >= 0.6 is 7.60 Å². The lowest BCUT2D eigenvalue weighted by Crippen LogP contribution is -2.24. The number of aromatic nitrogens is 3. The highest BCUT2D eigenvalue weighted by Gasteiger charge is 2.24. The zero-order valence-corrected chi connectivity index (χ0v) is 14.5. The number of hydrogen-bond acceptors (Lipinski definition) is 8. The summed E-state index contributed by atoms with van der Waals surface area (Å²) in [6.07, 6.45) is 0.0985. The molecule has 0 aliphatic heterocycles. The predicted molar refractivity (Wildman–Crippen MR) is 83.6 cm³/mol. The smallest absolute Gasteiger partial charge is 0.332 e. The highest BCUT2D eigenvalue weighted by molar-refractivity contribution is 7.53. The highest BCUT2D eigenvalue weighted by Crippen LogP contribution is 2.47. The first-order valence-electron chi connectivity index (χ1n) is 7.33. The van der Waals surface area contributed by atoms with Crippen LogP contribution in [0.1, 0.15) is 34.8 Å². The van der Waals surface area contributed by atoms with Gasteiger partial charge in [-0.25, -0.2) is 4.68 Å². The number of ether oxygens (including phenoxy) is 1. The second-order valence-corrected chi connectivity index (χ2v) is 6.71. The summed E-state index contributed by atoms with van der Waals surface area (Å²) in [7, 11) is -3.16. The quantitative estimate of drug-likeness (QED) is 0.380. The van der Waals surface area contributed by atoms with Crippen molar-refractivity contribution in [1.29, 1.82) is 0 Å². The van der Waals surface area contributed by atoms with Crippen LogP contribution in [-0.4, -0.2) is 59.4 Å². The standard InChI is InChI=1S/C12H22N5O6P/c1-3-22-24(20,23-4-2)8-7-21-6-5-17-10(12(14)19)9(11(13)18)15-16-17/h3-8H2,1-2H3,(H2,13,18)(H2,14,19). The summed E-state index contributed by atoms with van der Waals surface area (Å²) in [6, 6.07) is 0. The van der Waals surface area contributed by atoms with E-state index >= 15 is 0 Å². The third-order valence-electron chi connectivity index (χ3n) is 2.81. The fraction of sp³-hybridized carbons (Fsp3) is 0.667. The average Bonchev–Trinajstić information content (AvgIpc) is 2.91. The third kappa shape index (κ3) is 5.68. The van der Waals surface area contributed by atoms with Gasteiger partial charge in [0.15, 0.2) is 11.4 Å².